The van der Waals surface area contributed by atoms with Crippen molar-refractivity contribution >= 4 is 11.6 Å². The highest BCUT2D eigenvalue weighted by Crippen LogP contribution is 2.40. The number of amides is 1. The van der Waals surface area contributed by atoms with Crippen molar-refractivity contribution in [2.45, 2.75) is 12.3 Å². The molecular formula is C17H22N2O2. The number of fused-ring (bicyclic) bond motifs is 1. The number of benzene rings is 1. The van der Waals surface area contributed by atoms with Crippen LogP contribution in [-0.2, 0) is 4.79 Å². The van der Waals surface area contributed by atoms with Crippen LogP contribution in [-0.4, -0.2) is 37.6 Å². The molecule has 112 valence electrons. The van der Waals surface area contributed by atoms with Crippen LogP contribution in [0.4, 0.5) is 5.69 Å². The van der Waals surface area contributed by atoms with Gasteiger partial charge in [0.05, 0.1) is 18.7 Å². The molecule has 4 heteroatoms. The summed E-state index contributed by atoms with van der Waals surface area (Å²) in [5.41, 5.74) is 1.84. The van der Waals surface area contributed by atoms with Crippen molar-refractivity contribution in [1.82, 2.24) is 4.90 Å². The van der Waals surface area contributed by atoms with Gasteiger partial charge in [0.2, 0.25) is 5.91 Å². The van der Waals surface area contributed by atoms with E-state index < -0.39 is 0 Å². The number of hydrogen-bond donors (Lipinski definition) is 1. The van der Waals surface area contributed by atoms with E-state index in [2.05, 4.69) is 23.4 Å². The van der Waals surface area contributed by atoms with Gasteiger partial charge in [-0.1, -0.05) is 24.3 Å². The maximum absolute atomic E-state index is 12.2. The molecule has 0 aromatic heterocycles. The maximum atomic E-state index is 12.2. The van der Waals surface area contributed by atoms with Crippen LogP contribution in [0.2, 0.25) is 0 Å². The SMILES string of the molecule is C=CCN(CC=C)CCC1C(=O)Nc2c(OC)cccc21. The zero-order valence-corrected chi connectivity index (χ0v) is 12.5. The van der Waals surface area contributed by atoms with Gasteiger partial charge in [0, 0.05) is 13.1 Å². The molecule has 0 saturated carbocycles. The highest BCUT2D eigenvalue weighted by molar-refractivity contribution is 6.04. The van der Waals surface area contributed by atoms with E-state index in [4.69, 9.17) is 4.74 Å². The van der Waals surface area contributed by atoms with Gasteiger partial charge in [0.1, 0.15) is 5.75 Å². The molecule has 2 rings (SSSR count). The lowest BCUT2D eigenvalue weighted by molar-refractivity contribution is -0.117. The van der Waals surface area contributed by atoms with Gasteiger partial charge < -0.3 is 10.1 Å². The van der Waals surface area contributed by atoms with E-state index in [-0.39, 0.29) is 11.8 Å². The van der Waals surface area contributed by atoms with E-state index in [9.17, 15) is 4.79 Å². The number of carbonyl (C=O) groups excluding carboxylic acids is 1. The lowest BCUT2D eigenvalue weighted by Crippen LogP contribution is -2.27. The average Bonchev–Trinajstić information content (AvgIpc) is 2.80. The van der Waals surface area contributed by atoms with Crippen molar-refractivity contribution in [3.8, 4) is 5.75 Å². The predicted molar refractivity (Wildman–Crippen MR) is 85.8 cm³/mol. The first kappa shape index (κ1) is 15.3. The second-order valence-electron chi connectivity index (χ2n) is 5.09. The van der Waals surface area contributed by atoms with Crippen LogP contribution in [0, 0.1) is 0 Å². The van der Waals surface area contributed by atoms with Crippen molar-refractivity contribution in [2.24, 2.45) is 0 Å². The Hall–Kier alpha value is -2.07. The van der Waals surface area contributed by atoms with E-state index in [0.717, 1.165) is 43.1 Å². The van der Waals surface area contributed by atoms with Gasteiger partial charge in [-0.3, -0.25) is 9.69 Å². The Balaban J connectivity index is 2.10. The number of nitrogens with zero attached hydrogens (tertiary/aromatic N) is 1. The number of ether oxygens (including phenoxy) is 1. The monoisotopic (exact) mass is 286 g/mol. The highest BCUT2D eigenvalue weighted by atomic mass is 16.5. The average molecular weight is 286 g/mol. The quantitative estimate of drug-likeness (QED) is 0.747. The van der Waals surface area contributed by atoms with Crippen LogP contribution in [0.1, 0.15) is 17.9 Å². The number of nitrogens with one attached hydrogen (secondary N) is 1. The van der Waals surface area contributed by atoms with Gasteiger partial charge in [-0.15, -0.1) is 13.2 Å². The Morgan fingerprint density at radius 3 is 2.67 bits per heavy atom. The molecule has 4 nitrogen and oxygen atoms in total. The van der Waals surface area contributed by atoms with E-state index in [1.54, 1.807) is 7.11 Å². The van der Waals surface area contributed by atoms with Crippen LogP contribution < -0.4 is 10.1 Å². The minimum atomic E-state index is -0.118. The standard InChI is InChI=1S/C17H22N2O2/c1-4-10-19(11-5-2)12-9-14-13-7-6-8-15(21-3)16(13)18-17(14)20/h4-8,14H,1-2,9-12H2,3H3,(H,18,20). The number of para-hydroxylation sites is 1. The molecule has 21 heavy (non-hydrogen) atoms. The summed E-state index contributed by atoms with van der Waals surface area (Å²) >= 11 is 0. The number of carbonyl (C=O) groups is 1. The van der Waals surface area contributed by atoms with Gasteiger partial charge in [-0.25, -0.2) is 0 Å². The van der Waals surface area contributed by atoms with Gasteiger partial charge in [-0.2, -0.15) is 0 Å². The number of methoxy groups -OCH3 is 1. The van der Waals surface area contributed by atoms with Crippen molar-refractivity contribution < 1.29 is 9.53 Å². The summed E-state index contributed by atoms with van der Waals surface area (Å²) < 4.78 is 5.30. The van der Waals surface area contributed by atoms with E-state index >= 15 is 0 Å². The highest BCUT2D eigenvalue weighted by Gasteiger charge is 2.32. The Labute approximate surface area is 126 Å². The molecule has 0 spiro atoms. The molecule has 1 amide bonds. The molecule has 1 aliphatic rings. The summed E-state index contributed by atoms with van der Waals surface area (Å²) in [6, 6.07) is 5.78. The lowest BCUT2D eigenvalue weighted by Gasteiger charge is -2.20. The second-order valence-corrected chi connectivity index (χ2v) is 5.09. The first-order valence-electron chi connectivity index (χ1n) is 7.13. The molecule has 1 aromatic carbocycles. The molecule has 0 saturated heterocycles. The summed E-state index contributed by atoms with van der Waals surface area (Å²) in [7, 11) is 1.62. The maximum Gasteiger partial charge on any atom is 0.232 e. The van der Waals surface area contributed by atoms with Crippen molar-refractivity contribution in [3.63, 3.8) is 0 Å². The van der Waals surface area contributed by atoms with Gasteiger partial charge in [0.25, 0.3) is 0 Å². The molecule has 0 aliphatic carbocycles. The predicted octanol–water partition coefficient (Wildman–Crippen LogP) is 2.80. The summed E-state index contributed by atoms with van der Waals surface area (Å²) in [5.74, 6) is 0.649. The number of anilines is 1. The smallest absolute Gasteiger partial charge is 0.232 e. The zero-order chi connectivity index (χ0) is 15.2. The van der Waals surface area contributed by atoms with E-state index in [0.29, 0.717) is 0 Å². The Morgan fingerprint density at radius 2 is 2.05 bits per heavy atom. The van der Waals surface area contributed by atoms with Crippen LogP contribution in [0.3, 0.4) is 0 Å². The third kappa shape index (κ3) is 3.34. The molecule has 1 unspecified atom stereocenters. The number of rotatable bonds is 8. The fourth-order valence-corrected chi connectivity index (χ4v) is 2.71. The first-order valence-corrected chi connectivity index (χ1v) is 7.13. The minimum Gasteiger partial charge on any atom is -0.495 e. The van der Waals surface area contributed by atoms with Crippen molar-refractivity contribution in [3.05, 3.63) is 49.1 Å². The Morgan fingerprint density at radius 1 is 1.33 bits per heavy atom. The number of hydrogen-bond acceptors (Lipinski definition) is 3. The minimum absolute atomic E-state index is 0.0478. The van der Waals surface area contributed by atoms with Crippen LogP contribution in [0.5, 0.6) is 5.75 Å². The van der Waals surface area contributed by atoms with Crippen LogP contribution in [0.25, 0.3) is 0 Å². The molecule has 1 N–H and O–H groups in total. The fourth-order valence-electron chi connectivity index (χ4n) is 2.71. The second kappa shape index (κ2) is 7.09. The van der Waals surface area contributed by atoms with Gasteiger partial charge in [-0.05, 0) is 24.6 Å². The van der Waals surface area contributed by atoms with Crippen LogP contribution >= 0.6 is 0 Å². The molecule has 0 radical (unpaired) electrons. The largest absolute Gasteiger partial charge is 0.495 e. The fraction of sp³-hybridized carbons (Fsp3) is 0.353. The van der Waals surface area contributed by atoms with Crippen molar-refractivity contribution in [1.29, 1.82) is 0 Å². The Kier molecular flexibility index (Phi) is 5.17. The van der Waals surface area contributed by atoms with E-state index in [1.807, 2.05) is 30.4 Å². The zero-order valence-electron chi connectivity index (χ0n) is 12.5. The molecule has 1 aromatic rings. The third-order valence-electron chi connectivity index (χ3n) is 3.73. The van der Waals surface area contributed by atoms with Crippen molar-refractivity contribution in [2.75, 3.05) is 32.1 Å². The van der Waals surface area contributed by atoms with E-state index in [1.165, 1.54) is 0 Å². The van der Waals surface area contributed by atoms with Gasteiger partial charge >= 0.3 is 0 Å². The lowest BCUT2D eigenvalue weighted by atomic mass is 9.96. The third-order valence-corrected chi connectivity index (χ3v) is 3.73. The molecule has 0 bridgehead atoms. The molecule has 1 heterocycles. The topological polar surface area (TPSA) is 41.6 Å². The molecule has 1 aliphatic heterocycles. The molecular weight excluding hydrogens is 264 g/mol. The summed E-state index contributed by atoms with van der Waals surface area (Å²) in [5, 5.41) is 2.93. The molecule has 0 fully saturated rings. The Bertz CT molecular complexity index is 530. The van der Waals surface area contributed by atoms with Crippen LogP contribution in [0.15, 0.2) is 43.5 Å². The molecule has 1 atom stereocenters. The first-order chi connectivity index (χ1) is 10.2. The summed E-state index contributed by atoms with van der Waals surface area (Å²) in [4.78, 5) is 14.4. The summed E-state index contributed by atoms with van der Waals surface area (Å²) in [6.07, 6.45) is 4.51. The summed E-state index contributed by atoms with van der Waals surface area (Å²) in [6.45, 7) is 9.95. The normalized spacial score (nSPS) is 16.5. The van der Waals surface area contributed by atoms with Gasteiger partial charge in [0.15, 0.2) is 0 Å².